The third kappa shape index (κ3) is 3.91. The lowest BCUT2D eigenvalue weighted by atomic mass is 9.93. The molecular weight excluding hydrogens is 432 g/mol. The number of hydrogen-bond donors (Lipinski definition) is 0. The number of benzene rings is 4. The molecule has 0 saturated carbocycles. The summed E-state index contributed by atoms with van der Waals surface area (Å²) in [4.78, 5) is 13.8. The predicted octanol–water partition coefficient (Wildman–Crippen LogP) is 6.53. The Morgan fingerprint density at radius 3 is 2.23 bits per heavy atom. The normalized spacial score (nSPS) is 20.8. The third-order valence-electron chi connectivity index (χ3n) is 6.89. The van der Waals surface area contributed by atoms with Crippen molar-refractivity contribution >= 4 is 11.5 Å². The molecule has 0 aromatic heterocycles. The second-order valence-electron chi connectivity index (χ2n) is 9.17. The second kappa shape index (κ2) is 8.88. The van der Waals surface area contributed by atoms with Crippen molar-refractivity contribution in [3.05, 3.63) is 137 Å². The van der Waals surface area contributed by atoms with Crippen LogP contribution in [0.3, 0.4) is 0 Å². The van der Waals surface area contributed by atoms with Gasteiger partial charge in [0, 0.05) is 17.5 Å². The predicted molar refractivity (Wildman–Crippen MR) is 138 cm³/mol. The molecule has 6 rings (SSSR count). The zero-order chi connectivity index (χ0) is 23.8. The number of carbonyl (C=O) groups excluding carboxylic acids is 1. The van der Waals surface area contributed by atoms with Gasteiger partial charge in [-0.15, -0.1) is 0 Å². The van der Waals surface area contributed by atoms with E-state index >= 15 is 0 Å². The van der Waals surface area contributed by atoms with Crippen molar-refractivity contribution in [3.63, 3.8) is 0 Å². The number of carbonyl (C=O) groups is 1. The van der Waals surface area contributed by atoms with Gasteiger partial charge in [0.05, 0.1) is 11.8 Å². The van der Waals surface area contributed by atoms with E-state index in [0.717, 1.165) is 34.6 Å². The van der Waals surface area contributed by atoms with Crippen molar-refractivity contribution in [2.24, 2.45) is 5.10 Å². The Balaban J connectivity index is 1.46. The highest BCUT2D eigenvalue weighted by Crippen LogP contribution is 2.47. The zero-order valence-electron chi connectivity index (χ0n) is 19.5. The minimum Gasteiger partial charge on any atom is -0.479 e. The zero-order valence-corrected chi connectivity index (χ0v) is 19.5. The van der Waals surface area contributed by atoms with Crippen LogP contribution in [0.15, 0.2) is 114 Å². The molecule has 0 radical (unpaired) electrons. The van der Waals surface area contributed by atoms with E-state index in [-0.39, 0.29) is 17.9 Å². The summed E-state index contributed by atoms with van der Waals surface area (Å²) >= 11 is 0. The fourth-order valence-corrected chi connectivity index (χ4v) is 5.09. The maximum Gasteiger partial charge on any atom is 0.205 e. The SMILES string of the molecule is Cc1ccc(C(=O)C2Oc3ccccc3C2N2N=C(c3ccccc3)CC2c2ccccc2)cc1. The van der Waals surface area contributed by atoms with Gasteiger partial charge in [-0.3, -0.25) is 9.80 Å². The van der Waals surface area contributed by atoms with E-state index in [1.807, 2.05) is 73.7 Å². The number of rotatable bonds is 5. The van der Waals surface area contributed by atoms with Gasteiger partial charge < -0.3 is 4.74 Å². The topological polar surface area (TPSA) is 41.9 Å². The maximum absolute atomic E-state index is 13.8. The molecular formula is C31H26N2O2. The Labute approximate surface area is 205 Å². The summed E-state index contributed by atoms with van der Waals surface area (Å²) in [5, 5.41) is 7.27. The number of aryl methyl sites for hydroxylation is 1. The number of hydrazone groups is 1. The van der Waals surface area contributed by atoms with Crippen LogP contribution in [0.25, 0.3) is 0 Å². The Morgan fingerprint density at radius 1 is 0.829 bits per heavy atom. The number of Topliss-reactive ketones (excluding diaryl/α,β-unsaturated/α-hetero) is 1. The lowest BCUT2D eigenvalue weighted by molar-refractivity contribution is 0.0538. The molecule has 0 N–H and O–H groups in total. The van der Waals surface area contributed by atoms with Gasteiger partial charge in [0.25, 0.3) is 0 Å². The molecule has 0 fully saturated rings. The van der Waals surface area contributed by atoms with Crippen molar-refractivity contribution in [2.45, 2.75) is 31.5 Å². The van der Waals surface area contributed by atoms with E-state index < -0.39 is 6.10 Å². The van der Waals surface area contributed by atoms with Gasteiger partial charge in [0.2, 0.25) is 5.78 Å². The number of ether oxygens (including phenoxy) is 1. The summed E-state index contributed by atoms with van der Waals surface area (Å²) < 4.78 is 6.34. The third-order valence-corrected chi connectivity index (χ3v) is 6.89. The summed E-state index contributed by atoms with van der Waals surface area (Å²) in [6.45, 7) is 2.02. The molecule has 0 saturated heterocycles. The molecule has 0 bridgehead atoms. The standard InChI is InChI=1S/C31H26N2O2/c1-21-16-18-24(19-17-21)30(34)31-29(25-14-8-9-15-28(25)35-31)33-27(23-12-6-3-7-13-23)20-26(32-33)22-10-4-2-5-11-22/h2-19,27,29,31H,20H2,1H3. The quantitative estimate of drug-likeness (QED) is 0.319. The highest BCUT2D eigenvalue weighted by molar-refractivity contribution is 6.02. The number of para-hydroxylation sites is 1. The van der Waals surface area contributed by atoms with Crippen molar-refractivity contribution in [2.75, 3.05) is 0 Å². The first kappa shape index (κ1) is 21.4. The fraction of sp³-hybridized carbons (Fsp3) is 0.161. The summed E-state index contributed by atoms with van der Waals surface area (Å²) in [5.41, 5.74) is 6.07. The minimum atomic E-state index is -0.680. The molecule has 4 aromatic carbocycles. The average Bonchev–Trinajstić information content (AvgIpc) is 3.52. The first-order valence-electron chi connectivity index (χ1n) is 12.0. The van der Waals surface area contributed by atoms with E-state index in [2.05, 4.69) is 47.5 Å². The fourth-order valence-electron chi connectivity index (χ4n) is 5.09. The Bertz CT molecular complexity index is 1380. The van der Waals surface area contributed by atoms with Gasteiger partial charge in [-0.2, -0.15) is 5.10 Å². The van der Waals surface area contributed by atoms with Crippen LogP contribution in [0.5, 0.6) is 5.75 Å². The first-order chi connectivity index (χ1) is 17.2. The van der Waals surface area contributed by atoms with E-state index in [0.29, 0.717) is 5.56 Å². The number of fused-ring (bicyclic) bond motifs is 1. The summed E-state index contributed by atoms with van der Waals surface area (Å²) in [6.07, 6.45) is 0.0817. The first-order valence-corrected chi connectivity index (χ1v) is 12.0. The van der Waals surface area contributed by atoms with E-state index in [9.17, 15) is 4.79 Å². The Kier molecular flexibility index (Phi) is 5.42. The molecule has 172 valence electrons. The highest BCUT2D eigenvalue weighted by Gasteiger charge is 2.47. The van der Waals surface area contributed by atoms with Crippen LogP contribution in [0.2, 0.25) is 0 Å². The molecule has 3 unspecified atom stereocenters. The van der Waals surface area contributed by atoms with Crippen molar-refractivity contribution < 1.29 is 9.53 Å². The minimum absolute atomic E-state index is 0.000481. The van der Waals surface area contributed by atoms with E-state index in [1.165, 1.54) is 5.56 Å². The molecule has 0 spiro atoms. The Morgan fingerprint density at radius 2 is 1.49 bits per heavy atom. The van der Waals surface area contributed by atoms with Crippen molar-refractivity contribution in [1.29, 1.82) is 0 Å². The van der Waals surface area contributed by atoms with Crippen molar-refractivity contribution in [3.8, 4) is 5.75 Å². The molecule has 4 heteroatoms. The number of ketones is 1. The summed E-state index contributed by atoms with van der Waals surface area (Å²) in [6, 6.07) is 36.0. The van der Waals surface area contributed by atoms with Crippen LogP contribution in [0, 0.1) is 6.92 Å². The molecule has 2 heterocycles. The average molecular weight is 459 g/mol. The number of nitrogens with zero attached hydrogens (tertiary/aromatic N) is 2. The molecule has 3 atom stereocenters. The van der Waals surface area contributed by atoms with Crippen LogP contribution in [-0.2, 0) is 0 Å². The number of hydrogen-bond acceptors (Lipinski definition) is 4. The second-order valence-corrected chi connectivity index (χ2v) is 9.17. The van der Waals surface area contributed by atoms with Gasteiger partial charge >= 0.3 is 0 Å². The largest absolute Gasteiger partial charge is 0.479 e. The molecule has 0 amide bonds. The van der Waals surface area contributed by atoms with Crippen LogP contribution < -0.4 is 4.74 Å². The van der Waals surface area contributed by atoms with Gasteiger partial charge in [0.1, 0.15) is 11.8 Å². The molecule has 2 aliphatic rings. The van der Waals surface area contributed by atoms with E-state index in [1.54, 1.807) is 0 Å². The molecule has 0 aliphatic carbocycles. The van der Waals surface area contributed by atoms with Gasteiger partial charge in [0.15, 0.2) is 6.10 Å². The smallest absolute Gasteiger partial charge is 0.205 e. The molecule has 2 aliphatic heterocycles. The van der Waals surface area contributed by atoms with Crippen LogP contribution in [-0.4, -0.2) is 22.6 Å². The van der Waals surface area contributed by atoms with E-state index in [4.69, 9.17) is 9.84 Å². The summed E-state index contributed by atoms with van der Waals surface area (Å²) in [5.74, 6) is 0.722. The maximum atomic E-state index is 13.8. The van der Waals surface area contributed by atoms with Gasteiger partial charge in [-0.1, -0.05) is 109 Å². The highest BCUT2D eigenvalue weighted by atomic mass is 16.5. The van der Waals surface area contributed by atoms with Gasteiger partial charge in [-0.05, 0) is 24.1 Å². The van der Waals surface area contributed by atoms with Crippen LogP contribution in [0.4, 0.5) is 0 Å². The molecule has 4 nitrogen and oxygen atoms in total. The monoisotopic (exact) mass is 458 g/mol. The molecule has 35 heavy (non-hydrogen) atoms. The van der Waals surface area contributed by atoms with Gasteiger partial charge in [-0.25, -0.2) is 0 Å². The lowest BCUT2D eigenvalue weighted by Crippen LogP contribution is -2.38. The lowest BCUT2D eigenvalue weighted by Gasteiger charge is -2.32. The molecule has 4 aromatic rings. The van der Waals surface area contributed by atoms with Crippen molar-refractivity contribution in [1.82, 2.24) is 5.01 Å². The summed E-state index contributed by atoms with van der Waals surface area (Å²) in [7, 11) is 0. The van der Waals surface area contributed by atoms with Crippen LogP contribution in [0.1, 0.15) is 51.1 Å². The Hall–Kier alpha value is -4.18. The van der Waals surface area contributed by atoms with Crippen LogP contribution >= 0.6 is 0 Å².